The van der Waals surface area contributed by atoms with Crippen molar-refractivity contribution in [3.63, 3.8) is 0 Å². The van der Waals surface area contributed by atoms with Gasteiger partial charge in [0, 0.05) is 15.0 Å². The Bertz CT molecular complexity index is 379. The van der Waals surface area contributed by atoms with Gasteiger partial charge in [-0.1, -0.05) is 60.7 Å². The molecule has 0 spiro atoms. The van der Waals surface area contributed by atoms with Gasteiger partial charge in [0.15, 0.2) is 0 Å². The number of hydrogen-bond acceptors (Lipinski definition) is 1. The monoisotopic (exact) mass is 241 g/mol. The summed E-state index contributed by atoms with van der Waals surface area (Å²) in [5.41, 5.74) is 0. The molecule has 3 radical (unpaired) electrons. The number of benzene rings is 2. The lowest BCUT2D eigenvalue weighted by molar-refractivity contribution is 0.322. The van der Waals surface area contributed by atoms with Gasteiger partial charge in [0.1, 0.15) is 0 Å². The van der Waals surface area contributed by atoms with Gasteiger partial charge in [0.25, 0.3) is 0 Å². The van der Waals surface area contributed by atoms with Crippen molar-refractivity contribution >= 4 is 26.9 Å². The first-order chi connectivity index (χ1) is 7.92. The molecule has 0 heterocycles. The Kier molecular flexibility index (Phi) is 5.97. The molecule has 17 heavy (non-hydrogen) atoms. The van der Waals surface area contributed by atoms with E-state index in [1.807, 2.05) is 12.1 Å². The normalized spacial score (nSPS) is 10.0. The fourth-order valence-electron chi connectivity index (χ4n) is 1.72. The maximum absolute atomic E-state index is 9.18. The Balaban J connectivity index is 0.00000144. The Morgan fingerprint density at radius 3 is 1.53 bits per heavy atom. The zero-order valence-corrected chi connectivity index (χ0v) is 10.6. The predicted octanol–water partition coefficient (Wildman–Crippen LogP) is 1.73. The van der Waals surface area contributed by atoms with Crippen molar-refractivity contribution in [1.29, 1.82) is 0 Å². The first-order valence-electron chi connectivity index (χ1n) is 5.40. The van der Waals surface area contributed by atoms with Gasteiger partial charge in [-0.25, -0.2) is 0 Å². The zero-order valence-electron chi connectivity index (χ0n) is 9.66. The van der Waals surface area contributed by atoms with E-state index in [-0.39, 0.29) is 15.0 Å². The Morgan fingerprint density at radius 1 is 0.765 bits per heavy atom. The van der Waals surface area contributed by atoms with Gasteiger partial charge in [0.2, 0.25) is 0 Å². The summed E-state index contributed by atoms with van der Waals surface area (Å²) in [6.07, 6.45) is 0.837. The van der Waals surface area contributed by atoms with Crippen LogP contribution in [0.1, 0.15) is 0 Å². The molecular formula is C14H15BOP. The quantitative estimate of drug-likeness (QED) is 0.638. The molecule has 0 fully saturated rings. The Hall–Kier alpha value is -1.11. The highest BCUT2D eigenvalue weighted by atomic mass is 31.1. The lowest BCUT2D eigenvalue weighted by Crippen LogP contribution is -2.15. The van der Waals surface area contributed by atoms with Crippen LogP contribution in [0.25, 0.3) is 0 Å². The maximum atomic E-state index is 9.18. The molecule has 0 bridgehead atoms. The fourth-order valence-corrected chi connectivity index (χ4v) is 3.80. The van der Waals surface area contributed by atoms with Crippen molar-refractivity contribution in [2.24, 2.45) is 0 Å². The molecule has 0 saturated heterocycles. The van der Waals surface area contributed by atoms with Gasteiger partial charge in [-0.15, -0.1) is 0 Å². The Labute approximate surface area is 106 Å². The summed E-state index contributed by atoms with van der Waals surface area (Å²) in [5.74, 6) is 0. The molecule has 2 aromatic carbocycles. The van der Waals surface area contributed by atoms with E-state index in [9.17, 15) is 5.11 Å². The predicted molar refractivity (Wildman–Crippen MR) is 76.8 cm³/mol. The first kappa shape index (κ1) is 14.0. The van der Waals surface area contributed by atoms with Crippen molar-refractivity contribution in [3.8, 4) is 0 Å². The number of hydrogen-bond donors (Lipinski definition) is 1. The van der Waals surface area contributed by atoms with Crippen molar-refractivity contribution in [2.45, 2.75) is 0 Å². The van der Waals surface area contributed by atoms with Gasteiger partial charge in [-0.2, -0.15) is 0 Å². The van der Waals surface area contributed by atoms with Crippen LogP contribution in [0, 0.1) is 0 Å². The fraction of sp³-hybridized carbons (Fsp3) is 0.143. The minimum atomic E-state index is -0.401. The van der Waals surface area contributed by atoms with Crippen LogP contribution in [-0.2, 0) is 0 Å². The lowest BCUT2D eigenvalue weighted by Gasteiger charge is -2.17. The third-order valence-corrected chi connectivity index (χ3v) is 4.95. The standard InChI is InChI=1S/C14H15OP.B/c15-11-12-16(13-7-3-1-4-8-13)14-9-5-2-6-10-14;/h1-10,15H,11-12H2;. The molecule has 0 saturated carbocycles. The average Bonchev–Trinajstić information content (AvgIpc) is 2.38. The lowest BCUT2D eigenvalue weighted by atomic mass is 10.4. The van der Waals surface area contributed by atoms with Gasteiger partial charge in [-0.05, 0) is 24.7 Å². The van der Waals surface area contributed by atoms with Gasteiger partial charge in [-0.3, -0.25) is 0 Å². The van der Waals surface area contributed by atoms with Crippen molar-refractivity contribution in [3.05, 3.63) is 60.7 Å². The van der Waals surface area contributed by atoms with Gasteiger partial charge < -0.3 is 5.11 Å². The largest absolute Gasteiger partial charge is 0.396 e. The molecule has 0 aliphatic heterocycles. The summed E-state index contributed by atoms with van der Waals surface area (Å²) in [4.78, 5) is 0. The van der Waals surface area contributed by atoms with Crippen molar-refractivity contribution in [1.82, 2.24) is 0 Å². The van der Waals surface area contributed by atoms with Crippen LogP contribution in [0.3, 0.4) is 0 Å². The molecule has 0 unspecified atom stereocenters. The SMILES string of the molecule is OCCP(c1ccccc1)c1ccccc1.[B]. The third kappa shape index (κ3) is 3.69. The molecule has 3 heteroatoms. The van der Waals surface area contributed by atoms with Crippen LogP contribution in [0.4, 0.5) is 0 Å². The summed E-state index contributed by atoms with van der Waals surface area (Å²) >= 11 is 0. The van der Waals surface area contributed by atoms with Crippen LogP contribution in [0.5, 0.6) is 0 Å². The molecular weight excluding hydrogens is 226 g/mol. The van der Waals surface area contributed by atoms with Crippen LogP contribution in [0.2, 0.25) is 0 Å². The third-order valence-electron chi connectivity index (χ3n) is 2.46. The molecule has 85 valence electrons. The van der Waals surface area contributed by atoms with Gasteiger partial charge >= 0.3 is 0 Å². The summed E-state index contributed by atoms with van der Waals surface area (Å²) in [5, 5.41) is 11.8. The highest BCUT2D eigenvalue weighted by Gasteiger charge is 2.11. The average molecular weight is 241 g/mol. The number of rotatable bonds is 4. The second kappa shape index (κ2) is 7.27. The van der Waals surface area contributed by atoms with Crippen molar-refractivity contribution in [2.75, 3.05) is 12.8 Å². The maximum Gasteiger partial charge on any atom is 0.0476 e. The topological polar surface area (TPSA) is 20.2 Å². The second-order valence-corrected chi connectivity index (χ2v) is 5.88. The molecule has 2 aromatic rings. The van der Waals surface area contributed by atoms with Gasteiger partial charge in [0.05, 0.1) is 0 Å². The molecule has 0 aromatic heterocycles. The smallest absolute Gasteiger partial charge is 0.0476 e. The summed E-state index contributed by atoms with van der Waals surface area (Å²) in [6.45, 7) is 0.246. The zero-order chi connectivity index (χ0) is 11.2. The van der Waals surface area contributed by atoms with E-state index in [1.54, 1.807) is 0 Å². The highest BCUT2D eigenvalue weighted by molar-refractivity contribution is 7.73. The Morgan fingerprint density at radius 2 is 1.18 bits per heavy atom. The summed E-state index contributed by atoms with van der Waals surface area (Å²) < 4.78 is 0. The first-order valence-corrected chi connectivity index (χ1v) is 6.93. The van der Waals surface area contributed by atoms with E-state index in [0.717, 1.165) is 6.16 Å². The van der Waals surface area contributed by atoms with E-state index in [1.165, 1.54) is 10.6 Å². The number of aliphatic hydroxyl groups is 1. The molecule has 2 rings (SSSR count). The minimum Gasteiger partial charge on any atom is -0.396 e. The van der Waals surface area contributed by atoms with Crippen LogP contribution >= 0.6 is 7.92 Å². The highest BCUT2D eigenvalue weighted by Crippen LogP contribution is 2.32. The van der Waals surface area contributed by atoms with Crippen molar-refractivity contribution < 1.29 is 5.11 Å². The molecule has 0 amide bonds. The van der Waals surface area contributed by atoms with E-state index in [4.69, 9.17) is 0 Å². The summed E-state index contributed by atoms with van der Waals surface area (Å²) in [7, 11) is -0.401. The number of aliphatic hydroxyl groups excluding tert-OH is 1. The van der Waals surface area contributed by atoms with E-state index in [2.05, 4.69) is 48.5 Å². The molecule has 0 aliphatic rings. The molecule has 1 nitrogen and oxygen atoms in total. The van der Waals surface area contributed by atoms with Crippen LogP contribution in [-0.4, -0.2) is 26.3 Å². The van der Waals surface area contributed by atoms with Crippen LogP contribution in [0.15, 0.2) is 60.7 Å². The summed E-state index contributed by atoms with van der Waals surface area (Å²) in [6, 6.07) is 20.9. The minimum absolute atomic E-state index is 0. The molecule has 0 atom stereocenters. The molecule has 0 aliphatic carbocycles. The van der Waals surface area contributed by atoms with E-state index >= 15 is 0 Å². The van der Waals surface area contributed by atoms with E-state index in [0.29, 0.717) is 0 Å². The van der Waals surface area contributed by atoms with E-state index < -0.39 is 7.92 Å². The van der Waals surface area contributed by atoms with Crippen LogP contribution < -0.4 is 10.6 Å². The molecule has 1 N–H and O–H groups in total. The second-order valence-electron chi connectivity index (χ2n) is 3.55.